The fourth-order valence-corrected chi connectivity index (χ4v) is 3.20. The third kappa shape index (κ3) is 1.93. The molecule has 0 radical (unpaired) electrons. The average Bonchev–Trinajstić information content (AvgIpc) is 2.86. The molecule has 0 saturated heterocycles. The van der Waals surface area contributed by atoms with Crippen LogP contribution in [0.5, 0.6) is 0 Å². The third-order valence-electron chi connectivity index (χ3n) is 4.39. The maximum Gasteiger partial charge on any atom is 0.331 e. The maximum absolute atomic E-state index is 4.99. The van der Waals surface area contributed by atoms with Crippen molar-refractivity contribution < 1.29 is 4.57 Å². The van der Waals surface area contributed by atoms with Crippen LogP contribution < -0.4 is 4.57 Å². The van der Waals surface area contributed by atoms with E-state index in [1.165, 1.54) is 33.4 Å². The van der Waals surface area contributed by atoms with Crippen LogP contribution in [0.25, 0.3) is 22.6 Å². The van der Waals surface area contributed by atoms with E-state index >= 15 is 0 Å². The number of hydrogen-bond donors (Lipinski definition) is 0. The molecule has 2 heterocycles. The summed E-state index contributed by atoms with van der Waals surface area (Å²) in [6.07, 6.45) is 6.94. The fraction of sp³-hybridized carbons (Fsp3) is 0.211. The Balaban J connectivity index is 1.96. The highest BCUT2D eigenvalue weighted by molar-refractivity contribution is 5.73. The third-order valence-corrected chi connectivity index (χ3v) is 4.39. The van der Waals surface area contributed by atoms with E-state index in [1.54, 1.807) is 0 Å². The van der Waals surface area contributed by atoms with Crippen LogP contribution in [-0.4, -0.2) is 9.97 Å². The highest BCUT2D eigenvalue weighted by Gasteiger charge is 2.28. The Morgan fingerprint density at radius 2 is 1.91 bits per heavy atom. The Labute approximate surface area is 130 Å². The first kappa shape index (κ1) is 13.1. The van der Waals surface area contributed by atoms with Crippen LogP contribution >= 0.6 is 0 Å². The van der Waals surface area contributed by atoms with Gasteiger partial charge in [-0.05, 0) is 42.1 Å². The molecule has 0 unspecified atom stereocenters. The number of fused-ring (bicyclic) bond motifs is 3. The van der Waals surface area contributed by atoms with Gasteiger partial charge in [0.2, 0.25) is 0 Å². The van der Waals surface area contributed by atoms with Crippen LogP contribution in [0.1, 0.15) is 22.3 Å². The summed E-state index contributed by atoms with van der Waals surface area (Å²) in [5, 5.41) is 0. The van der Waals surface area contributed by atoms with Gasteiger partial charge >= 0.3 is 5.82 Å². The van der Waals surface area contributed by atoms with E-state index in [-0.39, 0.29) is 0 Å². The lowest BCUT2D eigenvalue weighted by molar-refractivity contribution is -0.663. The van der Waals surface area contributed by atoms with Crippen LogP contribution in [0.3, 0.4) is 0 Å². The lowest BCUT2D eigenvalue weighted by Crippen LogP contribution is -2.33. The van der Waals surface area contributed by atoms with Gasteiger partial charge in [0, 0.05) is 29.9 Å². The molecule has 3 aromatic rings. The van der Waals surface area contributed by atoms with Crippen LogP contribution in [0.15, 0.2) is 42.9 Å². The standard InChI is InChI=1S/C19H18N3/c1-12-4-5-13(2)16(8-12)19-21-18-15(11-22(19)3)9-14-6-7-20-10-17(14)18/h4-8,10-11H,9H2,1-3H3/q+1. The van der Waals surface area contributed by atoms with Crippen molar-refractivity contribution in [1.29, 1.82) is 0 Å². The summed E-state index contributed by atoms with van der Waals surface area (Å²) in [5.41, 5.74) is 8.54. The Morgan fingerprint density at radius 3 is 2.77 bits per heavy atom. The molecule has 0 N–H and O–H groups in total. The zero-order chi connectivity index (χ0) is 15.3. The van der Waals surface area contributed by atoms with E-state index in [2.05, 4.69) is 60.9 Å². The van der Waals surface area contributed by atoms with Crippen LogP contribution in [-0.2, 0) is 13.5 Å². The largest absolute Gasteiger partial charge is 0.331 e. The zero-order valence-corrected chi connectivity index (χ0v) is 13.1. The first-order valence-corrected chi connectivity index (χ1v) is 7.54. The first-order chi connectivity index (χ1) is 10.6. The Kier molecular flexibility index (Phi) is 2.83. The molecule has 0 amide bonds. The Morgan fingerprint density at radius 1 is 1.05 bits per heavy atom. The summed E-state index contributed by atoms with van der Waals surface area (Å²) in [4.78, 5) is 9.25. The Bertz CT molecular complexity index is 897. The molecule has 1 aliphatic carbocycles. The van der Waals surface area contributed by atoms with Gasteiger partial charge in [-0.3, -0.25) is 4.98 Å². The van der Waals surface area contributed by atoms with Gasteiger partial charge in [-0.2, -0.15) is 0 Å². The van der Waals surface area contributed by atoms with Crippen molar-refractivity contribution in [1.82, 2.24) is 9.97 Å². The van der Waals surface area contributed by atoms with Gasteiger partial charge in [0.1, 0.15) is 0 Å². The predicted octanol–water partition coefficient (Wildman–Crippen LogP) is 3.16. The topological polar surface area (TPSA) is 29.7 Å². The molecule has 1 aromatic carbocycles. The van der Waals surface area contributed by atoms with Crippen LogP contribution in [0.4, 0.5) is 0 Å². The normalized spacial score (nSPS) is 12.1. The van der Waals surface area contributed by atoms with Crippen LogP contribution in [0, 0.1) is 13.8 Å². The second kappa shape index (κ2) is 4.73. The Hall–Kier alpha value is -2.55. The second-order valence-corrected chi connectivity index (χ2v) is 6.08. The molecule has 3 nitrogen and oxygen atoms in total. The number of nitrogens with zero attached hydrogens (tertiary/aromatic N) is 3. The van der Waals surface area contributed by atoms with Crippen molar-refractivity contribution in [2.75, 3.05) is 0 Å². The molecular weight excluding hydrogens is 270 g/mol. The van der Waals surface area contributed by atoms with Gasteiger partial charge in [-0.1, -0.05) is 17.7 Å². The molecule has 0 atom stereocenters. The number of aryl methyl sites for hydroxylation is 3. The van der Waals surface area contributed by atoms with E-state index < -0.39 is 0 Å². The molecule has 0 fully saturated rings. The summed E-state index contributed by atoms with van der Waals surface area (Å²) in [6.45, 7) is 4.26. The molecule has 1 aliphatic rings. The van der Waals surface area contributed by atoms with Crippen molar-refractivity contribution in [2.45, 2.75) is 20.3 Å². The van der Waals surface area contributed by atoms with E-state index in [1.807, 2.05) is 12.4 Å². The number of benzene rings is 1. The van der Waals surface area contributed by atoms with Crippen LogP contribution in [0.2, 0.25) is 0 Å². The minimum Gasteiger partial charge on any atom is -0.264 e. The molecular formula is C19H18N3+. The van der Waals surface area contributed by atoms with Crippen molar-refractivity contribution >= 4 is 0 Å². The summed E-state index contributed by atoms with van der Waals surface area (Å²) in [7, 11) is 2.08. The molecule has 3 heteroatoms. The van der Waals surface area contributed by atoms with Crippen molar-refractivity contribution in [2.24, 2.45) is 7.05 Å². The maximum atomic E-state index is 4.99. The second-order valence-electron chi connectivity index (χ2n) is 6.08. The number of rotatable bonds is 1. The highest BCUT2D eigenvalue weighted by atomic mass is 15.0. The molecule has 0 spiro atoms. The minimum atomic E-state index is 0.946. The van der Waals surface area contributed by atoms with E-state index in [0.29, 0.717) is 0 Å². The van der Waals surface area contributed by atoms with E-state index in [9.17, 15) is 0 Å². The summed E-state index contributed by atoms with van der Waals surface area (Å²) in [5.74, 6) is 1.01. The molecule has 108 valence electrons. The summed E-state index contributed by atoms with van der Waals surface area (Å²) >= 11 is 0. The van der Waals surface area contributed by atoms with Gasteiger partial charge in [0.25, 0.3) is 0 Å². The van der Waals surface area contributed by atoms with Gasteiger partial charge in [0.05, 0.1) is 18.8 Å². The zero-order valence-electron chi connectivity index (χ0n) is 13.1. The van der Waals surface area contributed by atoms with Gasteiger partial charge in [-0.25, -0.2) is 4.57 Å². The molecule has 4 rings (SSSR count). The molecule has 0 aliphatic heterocycles. The smallest absolute Gasteiger partial charge is 0.264 e. The lowest BCUT2D eigenvalue weighted by Gasteiger charge is -2.06. The van der Waals surface area contributed by atoms with Crippen molar-refractivity contribution in [3.63, 3.8) is 0 Å². The fourth-order valence-electron chi connectivity index (χ4n) is 3.20. The lowest BCUT2D eigenvalue weighted by atomic mass is 10.0. The SMILES string of the molecule is Cc1ccc(C)c(-c2nc3c(c[n+]2C)Cc2ccncc2-3)c1. The summed E-state index contributed by atoms with van der Waals surface area (Å²) in [6, 6.07) is 8.61. The van der Waals surface area contributed by atoms with Crippen molar-refractivity contribution in [3.05, 3.63) is 65.1 Å². The molecule has 22 heavy (non-hydrogen) atoms. The average molecular weight is 288 g/mol. The van der Waals surface area contributed by atoms with Crippen molar-refractivity contribution in [3.8, 4) is 22.6 Å². The number of pyridine rings is 1. The quantitative estimate of drug-likeness (QED) is 0.504. The molecule has 0 bridgehead atoms. The highest BCUT2D eigenvalue weighted by Crippen LogP contribution is 2.34. The number of hydrogen-bond acceptors (Lipinski definition) is 2. The van der Waals surface area contributed by atoms with Gasteiger partial charge in [0.15, 0.2) is 5.69 Å². The van der Waals surface area contributed by atoms with Gasteiger partial charge < -0.3 is 0 Å². The first-order valence-electron chi connectivity index (χ1n) is 7.54. The summed E-state index contributed by atoms with van der Waals surface area (Å²) < 4.78 is 2.14. The predicted molar refractivity (Wildman–Crippen MR) is 86.4 cm³/mol. The minimum absolute atomic E-state index is 0.946. The monoisotopic (exact) mass is 288 g/mol. The van der Waals surface area contributed by atoms with E-state index in [4.69, 9.17) is 4.98 Å². The number of aromatic nitrogens is 3. The molecule has 2 aromatic heterocycles. The molecule has 0 saturated carbocycles. The van der Waals surface area contributed by atoms with E-state index in [0.717, 1.165) is 17.9 Å². The van der Waals surface area contributed by atoms with Gasteiger partial charge in [-0.15, -0.1) is 0 Å².